The van der Waals surface area contributed by atoms with Crippen molar-refractivity contribution in [3.05, 3.63) is 45.6 Å². The second-order valence-corrected chi connectivity index (χ2v) is 5.88. The molecular formula is C16H19BrN2O. The number of methoxy groups -OCH3 is 1. The first kappa shape index (κ1) is 14.9. The molecule has 0 atom stereocenters. The largest absolute Gasteiger partial charge is 0.496 e. The van der Waals surface area contributed by atoms with Gasteiger partial charge in [-0.1, -0.05) is 0 Å². The Morgan fingerprint density at radius 2 is 1.75 bits per heavy atom. The Bertz CT molecular complexity index is 641. The lowest BCUT2D eigenvalue weighted by Gasteiger charge is -2.23. The molecule has 0 aliphatic heterocycles. The van der Waals surface area contributed by atoms with Crippen LogP contribution < -0.4 is 9.64 Å². The first-order valence-electron chi connectivity index (χ1n) is 6.45. The van der Waals surface area contributed by atoms with Gasteiger partial charge in [0, 0.05) is 23.4 Å². The summed E-state index contributed by atoms with van der Waals surface area (Å²) in [6, 6.07) is 6.28. The molecule has 0 amide bonds. The number of hydrogen-bond acceptors (Lipinski definition) is 3. The third kappa shape index (κ3) is 2.80. The molecule has 0 aliphatic carbocycles. The third-order valence-corrected chi connectivity index (χ3v) is 3.84. The Balaban J connectivity index is 2.48. The highest BCUT2D eigenvalue weighted by Gasteiger charge is 2.13. The van der Waals surface area contributed by atoms with Gasteiger partial charge in [-0.3, -0.25) is 0 Å². The van der Waals surface area contributed by atoms with Gasteiger partial charge in [0.05, 0.1) is 7.11 Å². The summed E-state index contributed by atoms with van der Waals surface area (Å²) in [6.45, 7) is 6.20. The van der Waals surface area contributed by atoms with Crippen LogP contribution in [0.1, 0.15) is 16.7 Å². The van der Waals surface area contributed by atoms with E-state index in [1.54, 1.807) is 7.11 Å². The molecule has 1 heterocycles. The van der Waals surface area contributed by atoms with E-state index in [2.05, 4.69) is 64.8 Å². The fourth-order valence-electron chi connectivity index (χ4n) is 2.35. The average Bonchev–Trinajstić information content (AvgIpc) is 2.40. The Hall–Kier alpha value is -1.55. The predicted octanol–water partition coefficient (Wildman–Crippen LogP) is 4.55. The number of ether oxygens (including phenoxy) is 1. The predicted molar refractivity (Wildman–Crippen MR) is 87.2 cm³/mol. The van der Waals surface area contributed by atoms with Crippen LogP contribution in [0.15, 0.2) is 28.9 Å². The van der Waals surface area contributed by atoms with Crippen LogP contribution in [-0.2, 0) is 0 Å². The SMILES string of the molecule is COc1cc(C)c(N(C)c2ncc(Br)cc2C)cc1C. The highest BCUT2D eigenvalue weighted by molar-refractivity contribution is 9.10. The summed E-state index contributed by atoms with van der Waals surface area (Å²) in [5.74, 6) is 1.88. The van der Waals surface area contributed by atoms with Crippen LogP contribution >= 0.6 is 15.9 Å². The van der Waals surface area contributed by atoms with E-state index in [-0.39, 0.29) is 0 Å². The Morgan fingerprint density at radius 3 is 2.35 bits per heavy atom. The zero-order valence-corrected chi connectivity index (χ0v) is 14.1. The number of aromatic nitrogens is 1. The van der Waals surface area contributed by atoms with E-state index >= 15 is 0 Å². The first-order valence-corrected chi connectivity index (χ1v) is 7.24. The van der Waals surface area contributed by atoms with Gasteiger partial charge < -0.3 is 9.64 Å². The molecule has 20 heavy (non-hydrogen) atoms. The average molecular weight is 335 g/mol. The number of aryl methyl sites for hydroxylation is 3. The number of pyridine rings is 1. The number of anilines is 2. The van der Waals surface area contributed by atoms with Gasteiger partial charge in [0.25, 0.3) is 0 Å². The second-order valence-electron chi connectivity index (χ2n) is 4.96. The minimum Gasteiger partial charge on any atom is -0.496 e. The molecule has 0 N–H and O–H groups in total. The second kappa shape index (κ2) is 5.83. The molecule has 0 fully saturated rings. The molecule has 2 aromatic rings. The summed E-state index contributed by atoms with van der Waals surface area (Å²) in [6.07, 6.45) is 1.82. The lowest BCUT2D eigenvalue weighted by atomic mass is 10.1. The number of nitrogens with zero attached hydrogens (tertiary/aromatic N) is 2. The molecule has 0 bridgehead atoms. The Kier molecular flexibility index (Phi) is 4.33. The van der Waals surface area contributed by atoms with Crippen molar-refractivity contribution < 1.29 is 4.74 Å². The maximum Gasteiger partial charge on any atom is 0.135 e. The standard InChI is InChI=1S/C16H19BrN2O/c1-10-8-15(20-5)11(2)7-14(10)19(4)16-12(3)6-13(17)9-18-16/h6-9H,1-5H3. The Labute approximate surface area is 128 Å². The van der Waals surface area contributed by atoms with E-state index in [1.807, 2.05) is 13.2 Å². The van der Waals surface area contributed by atoms with E-state index in [0.717, 1.165) is 32.9 Å². The van der Waals surface area contributed by atoms with Gasteiger partial charge >= 0.3 is 0 Å². The summed E-state index contributed by atoms with van der Waals surface area (Å²) < 4.78 is 6.36. The molecule has 0 radical (unpaired) electrons. The molecule has 0 spiro atoms. The maximum atomic E-state index is 5.37. The molecule has 106 valence electrons. The van der Waals surface area contributed by atoms with Crippen LogP contribution in [-0.4, -0.2) is 19.1 Å². The van der Waals surface area contributed by atoms with Crippen molar-refractivity contribution in [2.24, 2.45) is 0 Å². The van der Waals surface area contributed by atoms with Crippen LogP contribution in [0, 0.1) is 20.8 Å². The molecule has 1 aromatic carbocycles. The van der Waals surface area contributed by atoms with Crippen molar-refractivity contribution in [3.63, 3.8) is 0 Å². The van der Waals surface area contributed by atoms with Crippen molar-refractivity contribution in [2.75, 3.05) is 19.1 Å². The maximum absolute atomic E-state index is 5.37. The summed E-state index contributed by atoms with van der Waals surface area (Å²) in [5.41, 5.74) is 4.56. The quantitative estimate of drug-likeness (QED) is 0.823. The number of hydrogen-bond donors (Lipinski definition) is 0. The van der Waals surface area contributed by atoms with Gasteiger partial charge in [0.15, 0.2) is 0 Å². The molecule has 0 unspecified atom stereocenters. The highest BCUT2D eigenvalue weighted by Crippen LogP contribution is 2.33. The molecule has 2 rings (SSSR count). The fraction of sp³-hybridized carbons (Fsp3) is 0.312. The number of rotatable bonds is 3. The van der Waals surface area contributed by atoms with Crippen LogP contribution in [0.5, 0.6) is 5.75 Å². The van der Waals surface area contributed by atoms with Crippen LogP contribution in [0.4, 0.5) is 11.5 Å². The summed E-state index contributed by atoms with van der Waals surface area (Å²) in [7, 11) is 3.74. The fourth-order valence-corrected chi connectivity index (χ4v) is 2.80. The van der Waals surface area contributed by atoms with Crippen molar-refractivity contribution in [1.82, 2.24) is 4.98 Å². The van der Waals surface area contributed by atoms with Crippen molar-refractivity contribution in [2.45, 2.75) is 20.8 Å². The zero-order chi connectivity index (χ0) is 14.9. The molecule has 0 saturated heterocycles. The minimum atomic E-state index is 0.917. The van der Waals surface area contributed by atoms with Gasteiger partial charge in [-0.25, -0.2) is 4.98 Å². The highest BCUT2D eigenvalue weighted by atomic mass is 79.9. The summed E-state index contributed by atoms with van der Waals surface area (Å²) in [4.78, 5) is 6.63. The zero-order valence-electron chi connectivity index (χ0n) is 12.5. The van der Waals surface area contributed by atoms with Gasteiger partial charge in [0.2, 0.25) is 0 Å². The number of halogens is 1. The van der Waals surface area contributed by atoms with E-state index in [4.69, 9.17) is 4.74 Å². The van der Waals surface area contributed by atoms with E-state index < -0.39 is 0 Å². The van der Waals surface area contributed by atoms with Gasteiger partial charge in [-0.2, -0.15) is 0 Å². The van der Waals surface area contributed by atoms with Crippen molar-refractivity contribution in [1.29, 1.82) is 0 Å². The topological polar surface area (TPSA) is 25.4 Å². The van der Waals surface area contributed by atoms with Crippen molar-refractivity contribution >= 4 is 27.4 Å². The third-order valence-electron chi connectivity index (χ3n) is 3.41. The van der Waals surface area contributed by atoms with E-state index in [1.165, 1.54) is 5.56 Å². The normalized spacial score (nSPS) is 10.5. The molecule has 0 saturated carbocycles. The van der Waals surface area contributed by atoms with Crippen LogP contribution in [0.3, 0.4) is 0 Å². The lowest BCUT2D eigenvalue weighted by molar-refractivity contribution is 0.411. The molecular weight excluding hydrogens is 316 g/mol. The van der Waals surface area contributed by atoms with Gasteiger partial charge in [-0.05, 0) is 71.6 Å². The molecule has 4 heteroatoms. The lowest BCUT2D eigenvalue weighted by Crippen LogP contribution is -2.14. The number of benzene rings is 1. The van der Waals surface area contributed by atoms with Crippen molar-refractivity contribution in [3.8, 4) is 5.75 Å². The smallest absolute Gasteiger partial charge is 0.135 e. The molecule has 3 nitrogen and oxygen atoms in total. The monoisotopic (exact) mass is 334 g/mol. The minimum absolute atomic E-state index is 0.917. The van der Waals surface area contributed by atoms with E-state index in [0.29, 0.717) is 0 Å². The van der Waals surface area contributed by atoms with Gasteiger partial charge in [0.1, 0.15) is 11.6 Å². The van der Waals surface area contributed by atoms with E-state index in [9.17, 15) is 0 Å². The van der Waals surface area contributed by atoms with Crippen LogP contribution in [0.25, 0.3) is 0 Å². The summed E-state index contributed by atoms with van der Waals surface area (Å²) >= 11 is 3.45. The Morgan fingerprint density at radius 1 is 1.05 bits per heavy atom. The molecule has 0 aliphatic rings. The van der Waals surface area contributed by atoms with Crippen LogP contribution in [0.2, 0.25) is 0 Å². The summed E-state index contributed by atoms with van der Waals surface area (Å²) in [5, 5.41) is 0. The molecule has 1 aromatic heterocycles. The first-order chi connectivity index (χ1) is 9.43. The van der Waals surface area contributed by atoms with Gasteiger partial charge in [-0.15, -0.1) is 0 Å².